The van der Waals surface area contributed by atoms with Crippen LogP contribution in [-0.4, -0.2) is 17.9 Å². The molecule has 0 amide bonds. The second-order valence-electron chi connectivity index (χ2n) is 3.81. The maximum Gasteiger partial charge on any atom is 0.351 e. The predicted octanol–water partition coefficient (Wildman–Crippen LogP) is 2.36. The molecule has 0 unspecified atom stereocenters. The molecule has 1 aliphatic heterocycles. The third-order valence-electron chi connectivity index (χ3n) is 2.84. The number of ether oxygens (including phenoxy) is 1. The van der Waals surface area contributed by atoms with E-state index in [1.807, 2.05) is 0 Å². The lowest BCUT2D eigenvalue weighted by Crippen LogP contribution is -2.31. The molecular weight excluding hydrogens is 239 g/mol. The average molecular weight is 249 g/mol. The molecule has 1 heterocycles. The minimum Gasteiger partial charge on any atom is -0.451 e. The number of esters is 1. The largest absolute Gasteiger partial charge is 0.451 e. The van der Waals surface area contributed by atoms with Crippen molar-refractivity contribution in [2.75, 3.05) is 0 Å². The van der Waals surface area contributed by atoms with Gasteiger partial charge in [-0.1, -0.05) is 29.6 Å². The number of rotatable bonds is 1. The Balaban J connectivity index is 2.18. The van der Waals surface area contributed by atoms with E-state index >= 15 is 0 Å². The van der Waals surface area contributed by atoms with Crippen LogP contribution in [0.3, 0.4) is 0 Å². The van der Waals surface area contributed by atoms with Crippen molar-refractivity contribution in [3.63, 3.8) is 0 Å². The molecule has 0 aromatic heterocycles. The van der Waals surface area contributed by atoms with Crippen LogP contribution in [0.4, 0.5) is 0 Å². The Morgan fingerprint density at radius 2 is 1.93 bits per heavy atom. The maximum absolute atomic E-state index is 11.6. The Bertz CT molecular complexity index is 349. The van der Waals surface area contributed by atoms with Gasteiger partial charge in [0.1, 0.15) is 16.9 Å². The van der Waals surface area contributed by atoms with Gasteiger partial charge in [-0.2, -0.15) is 0 Å². The van der Waals surface area contributed by atoms with Crippen molar-refractivity contribution in [3.8, 4) is 0 Å². The van der Waals surface area contributed by atoms with Crippen LogP contribution in [0.2, 0.25) is 0 Å². The molecule has 0 aromatic rings. The molecule has 0 aromatic carbocycles. The van der Waals surface area contributed by atoms with Gasteiger partial charge in [0.15, 0.2) is 0 Å². The predicted molar refractivity (Wildman–Crippen MR) is 55.6 cm³/mol. The minimum atomic E-state index is -0.639. The van der Waals surface area contributed by atoms with Gasteiger partial charge in [0, 0.05) is 6.42 Å². The first kappa shape index (κ1) is 11.0. The van der Waals surface area contributed by atoms with Gasteiger partial charge >= 0.3 is 5.97 Å². The molecule has 15 heavy (non-hydrogen) atoms. The van der Waals surface area contributed by atoms with Gasteiger partial charge < -0.3 is 4.74 Å². The SMILES string of the molecule is O=C1O[C@H]([C@H]2CCCCC2=O)C(Cl)=C1Cl. The third-order valence-corrected chi connectivity index (χ3v) is 3.70. The number of hydrogen-bond acceptors (Lipinski definition) is 3. The van der Waals surface area contributed by atoms with Gasteiger partial charge in [-0.15, -0.1) is 0 Å². The highest BCUT2D eigenvalue weighted by Crippen LogP contribution is 2.37. The van der Waals surface area contributed by atoms with Crippen molar-refractivity contribution in [2.24, 2.45) is 5.92 Å². The normalized spacial score (nSPS) is 32.1. The van der Waals surface area contributed by atoms with Crippen molar-refractivity contribution < 1.29 is 14.3 Å². The van der Waals surface area contributed by atoms with Gasteiger partial charge in [0.25, 0.3) is 0 Å². The molecule has 0 saturated heterocycles. The Kier molecular flexibility index (Phi) is 3.03. The van der Waals surface area contributed by atoms with E-state index in [2.05, 4.69) is 0 Å². The number of cyclic esters (lactones) is 1. The molecule has 2 atom stereocenters. The first-order valence-electron chi connectivity index (χ1n) is 4.90. The highest BCUT2D eigenvalue weighted by molar-refractivity contribution is 6.48. The monoisotopic (exact) mass is 248 g/mol. The summed E-state index contributed by atoms with van der Waals surface area (Å²) in [5, 5.41) is 0.0990. The van der Waals surface area contributed by atoms with E-state index in [1.165, 1.54) is 0 Å². The molecule has 2 aliphatic rings. The summed E-state index contributed by atoms with van der Waals surface area (Å²) in [7, 11) is 0. The molecule has 0 spiro atoms. The maximum atomic E-state index is 11.6. The van der Waals surface area contributed by atoms with E-state index in [4.69, 9.17) is 27.9 Å². The summed E-state index contributed by atoms with van der Waals surface area (Å²) in [6.07, 6.45) is 2.49. The summed E-state index contributed by atoms with van der Waals surface area (Å²) in [6.45, 7) is 0. The van der Waals surface area contributed by atoms with Crippen molar-refractivity contribution >= 4 is 35.0 Å². The van der Waals surface area contributed by atoms with Crippen LogP contribution < -0.4 is 0 Å². The van der Waals surface area contributed by atoms with E-state index in [9.17, 15) is 9.59 Å². The van der Waals surface area contributed by atoms with Crippen molar-refractivity contribution in [3.05, 3.63) is 10.1 Å². The first-order chi connectivity index (χ1) is 7.11. The first-order valence-corrected chi connectivity index (χ1v) is 5.65. The summed E-state index contributed by atoms with van der Waals surface area (Å²) >= 11 is 11.5. The van der Waals surface area contributed by atoms with Crippen LogP contribution in [0.1, 0.15) is 25.7 Å². The number of halogens is 2. The molecule has 0 N–H and O–H groups in total. The zero-order valence-electron chi connectivity index (χ0n) is 7.96. The number of Topliss-reactive ketones (excluding diaryl/α,β-unsaturated/α-hetero) is 1. The van der Waals surface area contributed by atoms with Gasteiger partial charge in [-0.3, -0.25) is 4.79 Å². The highest BCUT2D eigenvalue weighted by atomic mass is 35.5. The zero-order valence-corrected chi connectivity index (χ0v) is 9.48. The van der Waals surface area contributed by atoms with Crippen molar-refractivity contribution in [1.29, 1.82) is 0 Å². The fourth-order valence-electron chi connectivity index (χ4n) is 2.03. The Hall–Kier alpha value is -0.540. The van der Waals surface area contributed by atoms with Crippen LogP contribution in [0.15, 0.2) is 10.1 Å². The number of ketones is 1. The quantitative estimate of drug-likeness (QED) is 0.670. The molecule has 1 fully saturated rings. The molecule has 3 nitrogen and oxygen atoms in total. The Labute approximate surface area is 97.4 Å². The van der Waals surface area contributed by atoms with Crippen LogP contribution >= 0.6 is 23.2 Å². The summed E-state index contributed by atoms with van der Waals surface area (Å²) < 4.78 is 5.00. The van der Waals surface area contributed by atoms with Crippen LogP contribution in [0.25, 0.3) is 0 Å². The van der Waals surface area contributed by atoms with Crippen LogP contribution in [0.5, 0.6) is 0 Å². The van der Waals surface area contributed by atoms with E-state index in [0.717, 1.165) is 19.3 Å². The lowest BCUT2D eigenvalue weighted by Gasteiger charge is -2.25. The Morgan fingerprint density at radius 3 is 2.47 bits per heavy atom. The van der Waals surface area contributed by atoms with Gasteiger partial charge in [0.05, 0.1) is 11.0 Å². The van der Waals surface area contributed by atoms with Crippen LogP contribution in [-0.2, 0) is 14.3 Å². The van der Waals surface area contributed by atoms with E-state index in [0.29, 0.717) is 6.42 Å². The molecular formula is C10H10Cl2O3. The lowest BCUT2D eigenvalue weighted by atomic mass is 9.84. The zero-order chi connectivity index (χ0) is 11.0. The van der Waals surface area contributed by atoms with Gasteiger partial charge in [-0.25, -0.2) is 4.79 Å². The summed E-state index contributed by atoms with van der Waals surface area (Å²) in [4.78, 5) is 22.8. The number of carbonyl (C=O) groups is 2. The number of hydrogen-bond donors (Lipinski definition) is 0. The second kappa shape index (κ2) is 4.14. The minimum absolute atomic E-state index is 0.0833. The van der Waals surface area contributed by atoms with E-state index < -0.39 is 12.1 Å². The van der Waals surface area contributed by atoms with Crippen LogP contribution in [0, 0.1) is 5.92 Å². The topological polar surface area (TPSA) is 43.4 Å². The summed E-state index contributed by atoms with van der Waals surface area (Å²) in [5.74, 6) is -0.806. The molecule has 0 radical (unpaired) electrons. The molecule has 0 bridgehead atoms. The second-order valence-corrected chi connectivity index (χ2v) is 4.59. The van der Waals surface area contributed by atoms with Gasteiger partial charge in [0.2, 0.25) is 0 Å². The average Bonchev–Trinajstić information content (AvgIpc) is 2.47. The standard InChI is InChI=1S/C10H10Cl2O3/c11-7-8(12)10(14)15-9(7)5-3-1-2-4-6(5)13/h5,9H,1-4H2/t5-,9+/m0/s1. The van der Waals surface area contributed by atoms with Crippen molar-refractivity contribution in [2.45, 2.75) is 31.8 Å². The molecule has 1 aliphatic carbocycles. The Morgan fingerprint density at radius 1 is 1.20 bits per heavy atom. The lowest BCUT2D eigenvalue weighted by molar-refractivity contribution is -0.144. The molecule has 82 valence electrons. The molecule has 2 rings (SSSR count). The molecule has 5 heteroatoms. The van der Waals surface area contributed by atoms with Crippen molar-refractivity contribution in [1.82, 2.24) is 0 Å². The third kappa shape index (κ3) is 1.91. The highest BCUT2D eigenvalue weighted by Gasteiger charge is 2.41. The summed E-state index contributed by atoms with van der Waals surface area (Å²) in [6, 6.07) is 0. The van der Waals surface area contributed by atoms with E-state index in [1.54, 1.807) is 0 Å². The van der Waals surface area contributed by atoms with E-state index in [-0.39, 0.29) is 21.8 Å². The fraction of sp³-hybridized carbons (Fsp3) is 0.600. The summed E-state index contributed by atoms with van der Waals surface area (Å²) in [5.41, 5.74) is 0. The molecule has 1 saturated carbocycles. The smallest absolute Gasteiger partial charge is 0.351 e. The fourth-order valence-corrected chi connectivity index (χ4v) is 2.46. The van der Waals surface area contributed by atoms with Gasteiger partial charge in [-0.05, 0) is 12.8 Å². The number of carbonyl (C=O) groups excluding carboxylic acids is 2.